The second-order valence-electron chi connectivity index (χ2n) is 8.59. The smallest absolute Gasteiger partial charge is 0.336 e. The molecule has 0 saturated heterocycles. The Labute approximate surface area is 246 Å². The van der Waals surface area contributed by atoms with Crippen molar-refractivity contribution in [2.24, 2.45) is 0 Å². The Morgan fingerprint density at radius 2 is 1.09 bits per heavy atom. The zero-order valence-electron chi connectivity index (χ0n) is 22.4. The van der Waals surface area contributed by atoms with Gasteiger partial charge in [0.2, 0.25) is 0 Å². The van der Waals surface area contributed by atoms with Gasteiger partial charge in [-0.15, -0.1) is 0 Å². The molecule has 0 radical (unpaired) electrons. The van der Waals surface area contributed by atoms with E-state index in [1.165, 1.54) is 23.9 Å². The van der Waals surface area contributed by atoms with Crippen LogP contribution in [0.2, 0.25) is 0 Å². The van der Waals surface area contributed by atoms with Crippen molar-refractivity contribution in [3.63, 3.8) is 0 Å². The number of aromatic nitrogens is 2. The van der Waals surface area contributed by atoms with E-state index in [1.54, 1.807) is 12.1 Å². The van der Waals surface area contributed by atoms with Gasteiger partial charge in [-0.05, 0) is 42.7 Å². The summed E-state index contributed by atoms with van der Waals surface area (Å²) in [6, 6.07) is 10.6. The number of benzene rings is 3. The first-order chi connectivity index (χ1) is 20.6. The van der Waals surface area contributed by atoms with Gasteiger partial charge in [0.05, 0.1) is 33.3 Å². The predicted octanol–water partition coefficient (Wildman–Crippen LogP) is 3.99. The lowest BCUT2D eigenvalue weighted by Gasteiger charge is -2.14. The Morgan fingerprint density at radius 1 is 0.651 bits per heavy atom. The van der Waals surface area contributed by atoms with E-state index in [-0.39, 0.29) is 49.1 Å². The Bertz CT molecular complexity index is 1580. The standard InChI is InChI=1S/C28H24N2O12S/c1-43-28-29-20-12-22(41-8-6-39-14-2-4-16(24(31)32)18(10-14)26(35)36)23(13-21(20)30-28)42-9-7-40-15-3-5-17(25(33)34)19(11-15)27(37)38/h2-5,10-13H,6-9H2,1H3,(H,29,30)(H,31,32)(H,33,34)(H,35,36)(H,37,38). The van der Waals surface area contributed by atoms with Crippen molar-refractivity contribution in [1.82, 2.24) is 9.97 Å². The van der Waals surface area contributed by atoms with E-state index in [1.807, 2.05) is 6.26 Å². The van der Waals surface area contributed by atoms with Crippen LogP contribution in [0.1, 0.15) is 41.4 Å². The van der Waals surface area contributed by atoms with Gasteiger partial charge in [0.25, 0.3) is 0 Å². The summed E-state index contributed by atoms with van der Waals surface area (Å²) >= 11 is 1.41. The molecule has 3 aromatic carbocycles. The molecule has 0 fully saturated rings. The van der Waals surface area contributed by atoms with Gasteiger partial charge < -0.3 is 44.4 Å². The number of aromatic amines is 1. The van der Waals surface area contributed by atoms with Gasteiger partial charge in [-0.1, -0.05) is 11.8 Å². The maximum absolute atomic E-state index is 11.4. The number of nitrogens with zero attached hydrogens (tertiary/aromatic N) is 1. The molecule has 0 aliphatic rings. The molecule has 4 aromatic rings. The van der Waals surface area contributed by atoms with Crippen LogP contribution in [0, 0.1) is 0 Å². The number of hydrogen-bond acceptors (Lipinski definition) is 10. The van der Waals surface area contributed by atoms with Crippen molar-refractivity contribution in [2.75, 3.05) is 32.7 Å². The molecule has 0 spiro atoms. The average molecular weight is 613 g/mol. The number of nitrogens with one attached hydrogen (secondary N) is 1. The van der Waals surface area contributed by atoms with Crippen LogP contribution in [0.5, 0.6) is 23.0 Å². The first-order valence-electron chi connectivity index (χ1n) is 12.4. The predicted molar refractivity (Wildman–Crippen MR) is 151 cm³/mol. The lowest BCUT2D eigenvalue weighted by atomic mass is 10.1. The number of carbonyl (C=O) groups is 4. The van der Waals surface area contributed by atoms with Crippen molar-refractivity contribution in [3.05, 3.63) is 70.8 Å². The van der Waals surface area contributed by atoms with E-state index in [0.29, 0.717) is 27.7 Å². The Hall–Kier alpha value is -5.44. The largest absolute Gasteiger partial charge is 0.490 e. The molecule has 224 valence electrons. The molecule has 0 aliphatic heterocycles. The fraction of sp³-hybridized carbons (Fsp3) is 0.179. The number of hydrogen-bond donors (Lipinski definition) is 5. The maximum Gasteiger partial charge on any atom is 0.336 e. The Kier molecular flexibility index (Phi) is 9.57. The molecular weight excluding hydrogens is 588 g/mol. The highest BCUT2D eigenvalue weighted by Gasteiger charge is 2.18. The topological polar surface area (TPSA) is 215 Å². The van der Waals surface area contributed by atoms with Crippen molar-refractivity contribution in [2.45, 2.75) is 5.16 Å². The third-order valence-electron chi connectivity index (χ3n) is 5.84. The molecular formula is C28H24N2O12S. The second kappa shape index (κ2) is 13.5. The Morgan fingerprint density at radius 3 is 1.53 bits per heavy atom. The van der Waals surface area contributed by atoms with E-state index in [9.17, 15) is 29.4 Å². The third-order valence-corrected chi connectivity index (χ3v) is 6.42. The lowest BCUT2D eigenvalue weighted by Crippen LogP contribution is -2.13. The first kappa shape index (κ1) is 30.5. The van der Waals surface area contributed by atoms with E-state index in [2.05, 4.69) is 9.97 Å². The summed E-state index contributed by atoms with van der Waals surface area (Å²) in [4.78, 5) is 52.9. The van der Waals surface area contributed by atoms with Crippen LogP contribution in [0.25, 0.3) is 11.0 Å². The minimum atomic E-state index is -1.40. The molecule has 1 aromatic heterocycles. The number of carboxylic acids is 4. The number of thioether (sulfide) groups is 1. The number of rotatable bonds is 15. The van der Waals surface area contributed by atoms with Gasteiger partial charge in [0, 0.05) is 12.1 Å². The summed E-state index contributed by atoms with van der Waals surface area (Å²) in [6.07, 6.45) is 1.86. The molecule has 5 N–H and O–H groups in total. The molecule has 14 nitrogen and oxygen atoms in total. The first-order valence-corrected chi connectivity index (χ1v) is 13.6. The van der Waals surface area contributed by atoms with Gasteiger partial charge in [-0.25, -0.2) is 24.2 Å². The van der Waals surface area contributed by atoms with Gasteiger partial charge >= 0.3 is 23.9 Å². The van der Waals surface area contributed by atoms with Crippen LogP contribution in [-0.4, -0.2) is 87.0 Å². The molecule has 1 heterocycles. The highest BCUT2D eigenvalue weighted by atomic mass is 32.2. The van der Waals surface area contributed by atoms with Crippen LogP contribution in [0.15, 0.2) is 53.7 Å². The van der Waals surface area contributed by atoms with Crippen molar-refractivity contribution in [1.29, 1.82) is 0 Å². The molecule has 0 aliphatic carbocycles. The number of fused-ring (bicyclic) bond motifs is 1. The molecule has 0 amide bonds. The second-order valence-corrected chi connectivity index (χ2v) is 9.39. The summed E-state index contributed by atoms with van der Waals surface area (Å²) in [5.74, 6) is -4.59. The van der Waals surface area contributed by atoms with Crippen LogP contribution in [-0.2, 0) is 0 Å². The molecule has 0 saturated carbocycles. The van der Waals surface area contributed by atoms with Crippen molar-refractivity contribution in [3.8, 4) is 23.0 Å². The number of carboxylic acid groups (broad SMARTS) is 4. The van der Waals surface area contributed by atoms with Crippen LogP contribution >= 0.6 is 11.8 Å². The zero-order valence-corrected chi connectivity index (χ0v) is 23.2. The SMILES string of the molecule is CSc1nc2cc(OCCOc3ccc(C(=O)O)c(C(=O)O)c3)c(OCCOc3ccc(C(=O)O)c(C(=O)O)c3)cc2[nH]1. The molecule has 4 rings (SSSR count). The fourth-order valence-electron chi connectivity index (χ4n) is 3.89. The minimum Gasteiger partial charge on any atom is -0.490 e. The summed E-state index contributed by atoms with van der Waals surface area (Å²) < 4.78 is 22.8. The molecule has 43 heavy (non-hydrogen) atoms. The monoisotopic (exact) mass is 612 g/mol. The summed E-state index contributed by atoms with van der Waals surface area (Å²) in [5, 5.41) is 37.6. The number of H-pyrrole nitrogens is 1. The van der Waals surface area contributed by atoms with Gasteiger partial charge in [-0.2, -0.15) is 0 Å². The van der Waals surface area contributed by atoms with E-state index in [0.717, 1.165) is 24.3 Å². The van der Waals surface area contributed by atoms with E-state index in [4.69, 9.17) is 29.2 Å². The van der Waals surface area contributed by atoms with Crippen molar-refractivity contribution < 1.29 is 58.6 Å². The highest BCUT2D eigenvalue weighted by molar-refractivity contribution is 7.98. The zero-order chi connectivity index (χ0) is 31.1. The fourth-order valence-corrected chi connectivity index (χ4v) is 4.29. The van der Waals surface area contributed by atoms with Crippen LogP contribution in [0.4, 0.5) is 0 Å². The summed E-state index contributed by atoms with van der Waals surface area (Å²) in [6.45, 7) is -0.00167. The van der Waals surface area contributed by atoms with E-state index >= 15 is 0 Å². The molecule has 0 atom stereocenters. The van der Waals surface area contributed by atoms with Gasteiger partial charge in [0.1, 0.15) is 37.9 Å². The number of ether oxygens (including phenoxy) is 4. The van der Waals surface area contributed by atoms with Gasteiger partial charge in [-0.3, -0.25) is 0 Å². The maximum atomic E-state index is 11.4. The molecule has 0 bridgehead atoms. The van der Waals surface area contributed by atoms with Crippen molar-refractivity contribution >= 4 is 46.7 Å². The molecule has 0 unspecified atom stereocenters. The van der Waals surface area contributed by atoms with Crippen LogP contribution in [0.3, 0.4) is 0 Å². The average Bonchev–Trinajstić information content (AvgIpc) is 3.39. The third kappa shape index (κ3) is 7.45. The summed E-state index contributed by atoms with van der Waals surface area (Å²) in [7, 11) is 0. The lowest BCUT2D eigenvalue weighted by molar-refractivity contribution is 0.0651. The number of imidazole rings is 1. The molecule has 15 heteroatoms. The van der Waals surface area contributed by atoms with Crippen LogP contribution < -0.4 is 18.9 Å². The number of aromatic carboxylic acids is 4. The highest BCUT2D eigenvalue weighted by Crippen LogP contribution is 2.33. The normalized spacial score (nSPS) is 10.7. The van der Waals surface area contributed by atoms with E-state index < -0.39 is 35.0 Å². The summed E-state index contributed by atoms with van der Waals surface area (Å²) in [5.41, 5.74) is -0.250. The quantitative estimate of drug-likeness (QED) is 0.0948. The van der Waals surface area contributed by atoms with Gasteiger partial charge in [0.15, 0.2) is 16.7 Å². The minimum absolute atomic E-state index is 0.00908. The Balaban J connectivity index is 1.41.